The molecule has 0 bridgehead atoms. The largest absolute Gasteiger partial charge is 0.205 e. The summed E-state index contributed by atoms with van der Waals surface area (Å²) < 4.78 is 108. The zero-order valence-corrected chi connectivity index (χ0v) is 31.7. The highest BCUT2D eigenvalue weighted by Crippen LogP contribution is 2.53. The molecule has 0 fully saturated rings. The molecule has 62 heavy (non-hydrogen) atoms. The first-order valence-electron chi connectivity index (χ1n) is 17.2. The Bertz CT molecular complexity index is 3200. The molecule has 1 unspecified atom stereocenters. The minimum absolute atomic E-state index is 0.0170. The first-order chi connectivity index (χ1) is 29.8. The van der Waals surface area contributed by atoms with Crippen molar-refractivity contribution in [1.82, 2.24) is 0 Å². The van der Waals surface area contributed by atoms with Gasteiger partial charge in [0.1, 0.15) is 47.5 Å². The van der Waals surface area contributed by atoms with Crippen molar-refractivity contribution in [3.8, 4) is 48.6 Å². The molecule has 0 amide bonds. The highest BCUT2D eigenvalue weighted by molar-refractivity contribution is 7.27. The number of fused-ring (bicyclic) bond motifs is 2. The van der Waals surface area contributed by atoms with Gasteiger partial charge in [-0.25, -0.2) is 30.7 Å². The summed E-state index contributed by atoms with van der Waals surface area (Å²) in [5.41, 5.74) is -9.17. The lowest BCUT2D eigenvalue weighted by Crippen LogP contribution is -2.15. The minimum Gasteiger partial charge on any atom is -0.205 e. The number of nitriles is 8. The highest BCUT2D eigenvalue weighted by Gasteiger charge is 2.38. The average Bonchev–Trinajstić information content (AvgIpc) is 3.79. The fourth-order valence-electron chi connectivity index (χ4n) is 7.47. The third kappa shape index (κ3) is 5.88. The fourth-order valence-corrected chi connectivity index (χ4v) is 7.88. The van der Waals surface area contributed by atoms with Crippen LogP contribution in [0.25, 0.3) is 44.6 Å². The molecule has 0 aromatic heterocycles. The van der Waals surface area contributed by atoms with Gasteiger partial charge in [-0.15, -0.1) is 9.24 Å². The van der Waals surface area contributed by atoms with Gasteiger partial charge in [0.05, 0.1) is 51.1 Å². The van der Waals surface area contributed by atoms with Crippen molar-refractivity contribution in [2.45, 2.75) is 0 Å². The molecular weight excluding hydrogens is 829 g/mol. The second-order valence-electron chi connectivity index (χ2n) is 13.1. The van der Waals surface area contributed by atoms with E-state index in [2.05, 4.69) is 0 Å². The Hall–Kier alpha value is -9.08. The van der Waals surface area contributed by atoms with E-state index in [9.17, 15) is 42.1 Å². The number of halogens is 7. The van der Waals surface area contributed by atoms with E-state index >= 15 is 30.7 Å². The summed E-state index contributed by atoms with van der Waals surface area (Å²) in [6.07, 6.45) is 0. The lowest BCUT2D eigenvalue weighted by molar-refractivity contribution is 0.447. The summed E-state index contributed by atoms with van der Waals surface area (Å²) in [5.74, 6) is -13.7. The number of hydrogen-bond acceptors (Lipinski definition) is 8. The standard InChI is InChI=1S/C46H12F7N8P/c47-39-31(17-60)40(48)44(52)37(43(39)51)29(15-58)35-23-6-4-19(11-54)8-25(23)27(13-56)33(35)21-2-1-3-22(10-21)34-28(14-57)26-9-20(12-55)5-7-24(26)36(34)30(16-59)38-45(53)41(49)32(18-61)42(50)46(38)62/h1-10H,62H2/b35-29+,36-30+. The van der Waals surface area contributed by atoms with Crippen LogP contribution >= 0.6 is 9.24 Å². The molecule has 8 nitrogen and oxygen atoms in total. The summed E-state index contributed by atoms with van der Waals surface area (Å²) in [5, 5.41) is 79.6. The molecule has 2 aliphatic rings. The lowest BCUT2D eigenvalue weighted by atomic mass is 9.85. The summed E-state index contributed by atoms with van der Waals surface area (Å²) in [4.78, 5) is 0. The van der Waals surface area contributed by atoms with Gasteiger partial charge in [0.25, 0.3) is 0 Å². The van der Waals surface area contributed by atoms with Crippen LogP contribution in [0, 0.1) is 131 Å². The van der Waals surface area contributed by atoms with E-state index in [4.69, 9.17) is 0 Å². The smallest absolute Gasteiger partial charge is 0.180 e. The van der Waals surface area contributed by atoms with Crippen LogP contribution in [0.15, 0.2) is 60.7 Å². The molecule has 7 rings (SSSR count). The molecule has 5 aromatic carbocycles. The van der Waals surface area contributed by atoms with Gasteiger partial charge in [0.15, 0.2) is 40.7 Å². The number of allylic oxidation sites excluding steroid dienone is 8. The zero-order chi connectivity index (χ0) is 44.9. The molecule has 0 N–H and O–H groups in total. The van der Waals surface area contributed by atoms with Crippen LogP contribution in [0.5, 0.6) is 0 Å². The highest BCUT2D eigenvalue weighted by atomic mass is 31.0. The summed E-state index contributed by atoms with van der Waals surface area (Å²) >= 11 is 0. The first kappa shape index (κ1) is 41.1. The molecular formula is C46H12F7N8P. The Labute approximate surface area is 347 Å². The van der Waals surface area contributed by atoms with Crippen molar-refractivity contribution >= 4 is 59.1 Å². The maximum Gasteiger partial charge on any atom is 0.180 e. The van der Waals surface area contributed by atoms with E-state index in [1.807, 2.05) is 33.5 Å². The van der Waals surface area contributed by atoms with Crippen LogP contribution in [0.4, 0.5) is 30.7 Å². The number of nitrogens with zero attached hydrogens (tertiary/aromatic N) is 8. The third-order valence-corrected chi connectivity index (χ3v) is 10.6. The van der Waals surface area contributed by atoms with E-state index in [0.717, 1.165) is 6.07 Å². The Morgan fingerprint density at radius 3 is 1.21 bits per heavy atom. The first-order valence-corrected chi connectivity index (χ1v) is 17.8. The van der Waals surface area contributed by atoms with Crippen molar-refractivity contribution < 1.29 is 30.7 Å². The Morgan fingerprint density at radius 2 is 0.823 bits per heavy atom. The lowest BCUT2D eigenvalue weighted by Gasteiger charge is -2.17. The van der Waals surface area contributed by atoms with Crippen LogP contribution in [-0.4, -0.2) is 0 Å². The molecule has 5 aromatic rings. The predicted molar refractivity (Wildman–Crippen MR) is 210 cm³/mol. The molecule has 2 aliphatic carbocycles. The van der Waals surface area contributed by atoms with Gasteiger partial charge in [-0.2, -0.15) is 42.1 Å². The molecule has 0 saturated heterocycles. The second-order valence-corrected chi connectivity index (χ2v) is 13.7. The average molecular weight is 841 g/mol. The minimum atomic E-state index is -2.11. The molecule has 0 radical (unpaired) electrons. The van der Waals surface area contributed by atoms with E-state index in [1.54, 1.807) is 12.1 Å². The SMILES string of the molecule is N#CC1=C(c2cccc(C3=C(C#N)c4cc(C#N)ccc4/C3=C(/C#N)c3c(F)c(F)c(C#N)c(F)c3P)c2)/C(=C(\C#N)c2c(F)c(F)c(C#N)c(F)c2F)c2ccc(C#N)cc21. The fraction of sp³-hybridized carbons (Fsp3) is 0. The van der Waals surface area contributed by atoms with E-state index < -0.39 is 85.0 Å². The van der Waals surface area contributed by atoms with E-state index in [0.29, 0.717) is 0 Å². The molecule has 1 atom stereocenters. The number of benzene rings is 5. The maximum absolute atomic E-state index is 15.9. The molecule has 0 saturated carbocycles. The maximum atomic E-state index is 15.9. The molecule has 16 heteroatoms. The molecule has 0 heterocycles. The van der Waals surface area contributed by atoms with Crippen LogP contribution in [0.2, 0.25) is 0 Å². The van der Waals surface area contributed by atoms with Crippen molar-refractivity contribution in [2.75, 3.05) is 0 Å². The van der Waals surface area contributed by atoms with E-state index in [1.165, 1.54) is 66.7 Å². The Balaban J connectivity index is 1.62. The van der Waals surface area contributed by atoms with Gasteiger partial charge < -0.3 is 0 Å². The van der Waals surface area contributed by atoms with Gasteiger partial charge in [0.2, 0.25) is 0 Å². The molecule has 0 aliphatic heterocycles. The van der Waals surface area contributed by atoms with Crippen molar-refractivity contribution in [1.29, 1.82) is 42.1 Å². The van der Waals surface area contributed by atoms with Gasteiger partial charge in [-0.1, -0.05) is 30.3 Å². The van der Waals surface area contributed by atoms with Crippen LogP contribution in [0.1, 0.15) is 66.8 Å². The quantitative estimate of drug-likeness (QED) is 0.0740. The normalized spacial score (nSPS) is 13.9. The molecule has 0 spiro atoms. The van der Waals surface area contributed by atoms with Gasteiger partial charge in [-0.05, 0) is 52.6 Å². The van der Waals surface area contributed by atoms with Gasteiger partial charge >= 0.3 is 0 Å². The van der Waals surface area contributed by atoms with Gasteiger partial charge in [-0.3, -0.25) is 0 Å². The summed E-state index contributed by atoms with van der Waals surface area (Å²) in [7, 11) is 1.82. The second kappa shape index (κ2) is 15.6. The van der Waals surface area contributed by atoms with E-state index in [-0.39, 0.29) is 72.4 Å². The Morgan fingerprint density at radius 1 is 0.419 bits per heavy atom. The number of rotatable bonds is 4. The van der Waals surface area contributed by atoms with Crippen molar-refractivity contribution in [2.24, 2.45) is 0 Å². The van der Waals surface area contributed by atoms with Crippen molar-refractivity contribution in [3.05, 3.63) is 168 Å². The Kier molecular flexibility index (Phi) is 10.3. The summed E-state index contributed by atoms with van der Waals surface area (Å²) in [6.45, 7) is 0. The third-order valence-electron chi connectivity index (χ3n) is 10.1. The zero-order valence-electron chi connectivity index (χ0n) is 30.6. The van der Waals surface area contributed by atoms with Gasteiger partial charge in [0, 0.05) is 44.3 Å². The van der Waals surface area contributed by atoms with Crippen LogP contribution in [-0.2, 0) is 0 Å². The monoisotopic (exact) mass is 840 g/mol. The van der Waals surface area contributed by atoms with Crippen LogP contribution in [0.3, 0.4) is 0 Å². The number of hydrogen-bond donors (Lipinski definition) is 0. The molecule has 290 valence electrons. The van der Waals surface area contributed by atoms with Crippen molar-refractivity contribution in [3.63, 3.8) is 0 Å². The predicted octanol–water partition coefficient (Wildman–Crippen LogP) is 9.41. The topological polar surface area (TPSA) is 190 Å². The summed E-state index contributed by atoms with van der Waals surface area (Å²) in [6, 6.07) is 26.1. The van der Waals surface area contributed by atoms with Crippen LogP contribution < -0.4 is 5.30 Å².